The fourth-order valence-electron chi connectivity index (χ4n) is 2.30. The Kier molecular flexibility index (Phi) is 4.31. The highest BCUT2D eigenvalue weighted by Crippen LogP contribution is 2.22. The van der Waals surface area contributed by atoms with Crippen molar-refractivity contribution in [2.24, 2.45) is 5.73 Å². The molecule has 1 aliphatic heterocycles. The van der Waals surface area contributed by atoms with Crippen LogP contribution >= 0.6 is 0 Å². The van der Waals surface area contributed by atoms with Crippen LogP contribution in [-0.2, 0) is 0 Å². The van der Waals surface area contributed by atoms with Crippen LogP contribution in [0.4, 0.5) is 19.0 Å². The minimum atomic E-state index is -4.21. The number of hydrogen-bond acceptors (Lipinski definition) is 5. The molecule has 1 aromatic heterocycles. The molecule has 9 heteroatoms. The molecule has 1 aromatic rings. The van der Waals surface area contributed by atoms with Gasteiger partial charge in [-0.15, -0.1) is 0 Å². The Bertz CT molecular complexity index is 522. The number of primary amides is 1. The van der Waals surface area contributed by atoms with Crippen molar-refractivity contribution >= 4 is 11.7 Å². The quantitative estimate of drug-likeness (QED) is 0.887. The number of nitrogens with zero attached hydrogens (tertiary/aromatic N) is 4. The topological polar surface area (TPSA) is 75.4 Å². The van der Waals surface area contributed by atoms with Gasteiger partial charge in [0.25, 0.3) is 5.91 Å². The third kappa shape index (κ3) is 4.03. The maximum absolute atomic E-state index is 12.4. The summed E-state index contributed by atoms with van der Waals surface area (Å²) in [6, 6.07) is -0.278. The lowest BCUT2D eigenvalue weighted by Gasteiger charge is -2.40. The fraction of sp³-hybridized carbons (Fsp3) is 0.583. The minimum absolute atomic E-state index is 0.0397. The van der Waals surface area contributed by atoms with E-state index in [1.54, 1.807) is 11.8 Å². The first-order valence-corrected chi connectivity index (χ1v) is 6.44. The summed E-state index contributed by atoms with van der Waals surface area (Å²) >= 11 is 0. The molecule has 1 saturated heterocycles. The molecule has 1 unspecified atom stereocenters. The molecule has 2 rings (SSSR count). The van der Waals surface area contributed by atoms with Gasteiger partial charge in [-0.3, -0.25) is 14.7 Å². The van der Waals surface area contributed by atoms with Crippen LogP contribution in [0.1, 0.15) is 17.4 Å². The molecule has 1 fully saturated rings. The molecule has 21 heavy (non-hydrogen) atoms. The van der Waals surface area contributed by atoms with Crippen LogP contribution in [0.3, 0.4) is 0 Å². The molecule has 1 atom stereocenters. The number of carbonyl (C=O) groups excluding carboxylic acids is 1. The van der Waals surface area contributed by atoms with Gasteiger partial charge in [0.05, 0.1) is 18.9 Å². The van der Waals surface area contributed by atoms with Crippen LogP contribution in [0.2, 0.25) is 0 Å². The number of piperazine rings is 1. The van der Waals surface area contributed by atoms with Crippen molar-refractivity contribution in [1.82, 2.24) is 14.9 Å². The molecular formula is C12H16F3N5O. The number of rotatable bonds is 3. The Morgan fingerprint density at radius 3 is 2.71 bits per heavy atom. The van der Waals surface area contributed by atoms with Crippen LogP contribution in [0.25, 0.3) is 0 Å². The van der Waals surface area contributed by atoms with Gasteiger partial charge >= 0.3 is 6.18 Å². The summed E-state index contributed by atoms with van der Waals surface area (Å²) in [6.45, 7) is 1.84. The van der Waals surface area contributed by atoms with Crippen molar-refractivity contribution in [3.63, 3.8) is 0 Å². The molecule has 0 bridgehead atoms. The molecule has 0 radical (unpaired) electrons. The molecule has 6 nitrogen and oxygen atoms in total. The number of amides is 1. The first-order valence-electron chi connectivity index (χ1n) is 6.44. The average Bonchev–Trinajstić information content (AvgIpc) is 2.40. The monoisotopic (exact) mass is 303 g/mol. The zero-order valence-electron chi connectivity index (χ0n) is 11.5. The van der Waals surface area contributed by atoms with Gasteiger partial charge in [-0.25, -0.2) is 4.98 Å². The molecule has 0 saturated carbocycles. The minimum Gasteiger partial charge on any atom is -0.364 e. The lowest BCUT2D eigenvalue weighted by atomic mass is 10.2. The first kappa shape index (κ1) is 15.5. The summed E-state index contributed by atoms with van der Waals surface area (Å²) in [7, 11) is 0. The molecule has 2 N–H and O–H groups in total. The lowest BCUT2D eigenvalue weighted by molar-refractivity contribution is -0.150. The van der Waals surface area contributed by atoms with Gasteiger partial charge in [-0.1, -0.05) is 0 Å². The van der Waals surface area contributed by atoms with Gasteiger partial charge in [0.15, 0.2) is 0 Å². The normalized spacial score (nSPS) is 20.6. The highest BCUT2D eigenvalue weighted by molar-refractivity contribution is 5.90. The Hall–Kier alpha value is -1.90. The summed E-state index contributed by atoms with van der Waals surface area (Å²) in [6.07, 6.45) is -1.48. The van der Waals surface area contributed by atoms with Crippen LogP contribution in [-0.4, -0.2) is 59.2 Å². The highest BCUT2D eigenvalue weighted by atomic mass is 19.4. The Morgan fingerprint density at radius 2 is 2.14 bits per heavy atom. The smallest absolute Gasteiger partial charge is 0.364 e. The summed E-state index contributed by atoms with van der Waals surface area (Å²) < 4.78 is 37.3. The predicted octanol–water partition coefficient (Wildman–Crippen LogP) is 0.648. The predicted molar refractivity (Wildman–Crippen MR) is 69.9 cm³/mol. The summed E-state index contributed by atoms with van der Waals surface area (Å²) in [5.74, 6) is -0.238. The number of alkyl halides is 3. The Balaban J connectivity index is 2.05. The van der Waals surface area contributed by atoms with E-state index in [4.69, 9.17) is 5.73 Å². The Morgan fingerprint density at radius 1 is 1.43 bits per heavy atom. The highest BCUT2D eigenvalue weighted by Gasteiger charge is 2.35. The van der Waals surface area contributed by atoms with E-state index in [9.17, 15) is 18.0 Å². The largest absolute Gasteiger partial charge is 0.401 e. The number of hydrogen-bond donors (Lipinski definition) is 1. The second-order valence-electron chi connectivity index (χ2n) is 5.01. The van der Waals surface area contributed by atoms with Gasteiger partial charge in [-0.2, -0.15) is 13.2 Å². The Labute approximate surface area is 119 Å². The second kappa shape index (κ2) is 5.84. The van der Waals surface area contributed by atoms with Crippen molar-refractivity contribution in [3.05, 3.63) is 18.1 Å². The van der Waals surface area contributed by atoms with Gasteiger partial charge in [0.1, 0.15) is 11.5 Å². The molecule has 0 aliphatic carbocycles. The lowest BCUT2D eigenvalue weighted by Crippen LogP contribution is -2.54. The standard InChI is InChI=1S/C12H16F3N5O/c1-8-6-19(2-3-20(8)7-12(13,14)15)10-5-17-4-9(18-10)11(16)21/h4-5,8H,2-3,6-7H2,1H3,(H2,16,21). The molecule has 2 heterocycles. The van der Waals surface area contributed by atoms with Gasteiger partial charge < -0.3 is 10.6 Å². The van der Waals surface area contributed by atoms with Crippen molar-refractivity contribution in [2.75, 3.05) is 31.1 Å². The van der Waals surface area contributed by atoms with E-state index in [1.165, 1.54) is 17.3 Å². The van der Waals surface area contributed by atoms with Gasteiger partial charge in [0.2, 0.25) is 0 Å². The molecule has 1 aliphatic rings. The zero-order chi connectivity index (χ0) is 15.6. The second-order valence-corrected chi connectivity index (χ2v) is 5.01. The van der Waals surface area contributed by atoms with Crippen LogP contribution in [0, 0.1) is 0 Å². The number of anilines is 1. The van der Waals surface area contributed by atoms with E-state index in [1.807, 2.05) is 0 Å². The third-order valence-corrected chi connectivity index (χ3v) is 3.35. The molecule has 0 aromatic carbocycles. The van der Waals surface area contributed by atoms with E-state index in [0.29, 0.717) is 18.9 Å². The number of aromatic nitrogens is 2. The van der Waals surface area contributed by atoms with E-state index >= 15 is 0 Å². The van der Waals surface area contributed by atoms with E-state index in [0.717, 1.165) is 0 Å². The van der Waals surface area contributed by atoms with Crippen molar-refractivity contribution in [2.45, 2.75) is 19.1 Å². The SMILES string of the molecule is CC1CN(c2cncc(C(N)=O)n2)CCN1CC(F)(F)F. The molecular weight excluding hydrogens is 287 g/mol. The van der Waals surface area contributed by atoms with E-state index < -0.39 is 18.6 Å². The van der Waals surface area contributed by atoms with E-state index in [2.05, 4.69) is 9.97 Å². The van der Waals surface area contributed by atoms with Crippen LogP contribution in [0.15, 0.2) is 12.4 Å². The maximum Gasteiger partial charge on any atom is 0.401 e. The molecule has 1 amide bonds. The van der Waals surface area contributed by atoms with Crippen LogP contribution < -0.4 is 10.6 Å². The van der Waals surface area contributed by atoms with Gasteiger partial charge in [0, 0.05) is 25.7 Å². The average molecular weight is 303 g/mol. The molecule has 0 spiro atoms. The summed E-state index contributed by atoms with van der Waals surface area (Å²) in [4.78, 5) is 22.2. The summed E-state index contributed by atoms with van der Waals surface area (Å²) in [5.41, 5.74) is 5.18. The third-order valence-electron chi connectivity index (χ3n) is 3.35. The first-order chi connectivity index (χ1) is 9.76. The van der Waals surface area contributed by atoms with E-state index in [-0.39, 0.29) is 18.3 Å². The summed E-state index contributed by atoms with van der Waals surface area (Å²) in [5, 5.41) is 0. The van der Waals surface area contributed by atoms with Crippen LogP contribution in [0.5, 0.6) is 0 Å². The molecule has 116 valence electrons. The number of nitrogens with two attached hydrogens (primary N) is 1. The zero-order valence-corrected chi connectivity index (χ0v) is 11.5. The maximum atomic E-state index is 12.4. The van der Waals surface area contributed by atoms with Gasteiger partial charge in [-0.05, 0) is 6.92 Å². The van der Waals surface area contributed by atoms with Crippen molar-refractivity contribution in [3.8, 4) is 0 Å². The fourth-order valence-corrected chi connectivity index (χ4v) is 2.30. The van der Waals surface area contributed by atoms with Crippen molar-refractivity contribution in [1.29, 1.82) is 0 Å². The van der Waals surface area contributed by atoms with Crippen molar-refractivity contribution < 1.29 is 18.0 Å². The number of carbonyl (C=O) groups is 1. The number of halogens is 3.